The molecule has 0 saturated heterocycles. The molecule has 0 fully saturated rings. The average molecular weight is 349 g/mol. The lowest BCUT2D eigenvalue weighted by atomic mass is 9.75. The monoisotopic (exact) mass is 348 g/mol. The molecule has 4 heteroatoms. The Morgan fingerprint density at radius 2 is 1.76 bits per heavy atom. The Labute approximate surface area is 153 Å². The lowest BCUT2D eigenvalue weighted by Gasteiger charge is -2.30. The summed E-state index contributed by atoms with van der Waals surface area (Å²) in [5.41, 5.74) is 9.36. The number of hydrogen-bond acceptors (Lipinski definition) is 3. The lowest BCUT2D eigenvalue weighted by molar-refractivity contribution is -0.121. The van der Waals surface area contributed by atoms with Crippen molar-refractivity contribution in [3.05, 3.63) is 28.3 Å². The van der Waals surface area contributed by atoms with Crippen LogP contribution in [-0.2, 0) is 22.0 Å². The van der Waals surface area contributed by atoms with E-state index in [-0.39, 0.29) is 22.8 Å². The van der Waals surface area contributed by atoms with Gasteiger partial charge in [-0.25, -0.2) is 0 Å². The van der Waals surface area contributed by atoms with E-state index in [4.69, 9.17) is 5.73 Å². The number of carbonyl (C=O) groups is 1. The van der Waals surface area contributed by atoms with Gasteiger partial charge in [0.2, 0.25) is 5.91 Å². The predicted octanol–water partition coefficient (Wildman–Crippen LogP) is 3.69. The average Bonchev–Trinajstić information content (AvgIpc) is 2.43. The first-order valence-electron chi connectivity index (χ1n) is 9.14. The van der Waals surface area contributed by atoms with Gasteiger partial charge in [-0.15, -0.1) is 0 Å². The molecule has 0 radical (unpaired) electrons. The van der Waals surface area contributed by atoms with Crippen LogP contribution in [0.3, 0.4) is 0 Å². The summed E-state index contributed by atoms with van der Waals surface area (Å²) in [7, 11) is 0. The number of aromatic hydroxyl groups is 1. The molecule has 0 saturated carbocycles. The molecule has 0 aliphatic heterocycles. The van der Waals surface area contributed by atoms with Crippen molar-refractivity contribution in [3.8, 4) is 5.75 Å². The van der Waals surface area contributed by atoms with Crippen molar-refractivity contribution in [2.75, 3.05) is 6.54 Å². The van der Waals surface area contributed by atoms with Gasteiger partial charge in [0, 0.05) is 24.6 Å². The molecule has 0 bridgehead atoms. The van der Waals surface area contributed by atoms with Gasteiger partial charge in [-0.3, -0.25) is 4.79 Å². The quantitative estimate of drug-likeness (QED) is 0.759. The fourth-order valence-corrected chi connectivity index (χ4v) is 3.23. The van der Waals surface area contributed by atoms with Crippen LogP contribution in [0.2, 0.25) is 0 Å². The SMILES string of the molecule is Cc1c(CCC(=O)NC(C)CN)cc(C(C)(C)C)c(O)c1C(C)(C)C. The molecule has 1 unspecified atom stereocenters. The predicted molar refractivity (Wildman–Crippen MR) is 105 cm³/mol. The molecule has 1 atom stereocenters. The molecule has 25 heavy (non-hydrogen) atoms. The van der Waals surface area contributed by atoms with Gasteiger partial charge in [-0.2, -0.15) is 0 Å². The number of aryl methyl sites for hydroxylation is 1. The van der Waals surface area contributed by atoms with Crippen molar-refractivity contribution in [1.29, 1.82) is 0 Å². The highest BCUT2D eigenvalue weighted by atomic mass is 16.3. The molecule has 4 nitrogen and oxygen atoms in total. The zero-order valence-electron chi connectivity index (χ0n) is 17.2. The first-order chi connectivity index (χ1) is 11.3. The Morgan fingerprint density at radius 1 is 1.20 bits per heavy atom. The minimum absolute atomic E-state index is 0.0105. The third kappa shape index (κ3) is 5.46. The summed E-state index contributed by atoms with van der Waals surface area (Å²) >= 11 is 0. The van der Waals surface area contributed by atoms with Crippen LogP contribution in [0, 0.1) is 6.92 Å². The zero-order valence-corrected chi connectivity index (χ0v) is 17.2. The normalized spacial score (nSPS) is 13.6. The van der Waals surface area contributed by atoms with Gasteiger partial charge in [0.15, 0.2) is 0 Å². The molecule has 0 aromatic heterocycles. The molecule has 0 aliphatic rings. The number of benzene rings is 1. The van der Waals surface area contributed by atoms with E-state index in [1.807, 2.05) is 13.8 Å². The fraction of sp³-hybridized carbons (Fsp3) is 0.667. The molecule has 1 rings (SSSR count). The van der Waals surface area contributed by atoms with E-state index in [2.05, 4.69) is 52.9 Å². The summed E-state index contributed by atoms with van der Waals surface area (Å²) in [6, 6.07) is 2.06. The van der Waals surface area contributed by atoms with Gasteiger partial charge < -0.3 is 16.2 Å². The van der Waals surface area contributed by atoms with Crippen LogP contribution >= 0.6 is 0 Å². The molecule has 0 aliphatic carbocycles. The van der Waals surface area contributed by atoms with Gasteiger partial charge in [-0.05, 0) is 47.8 Å². The van der Waals surface area contributed by atoms with Gasteiger partial charge in [0.05, 0.1) is 0 Å². The first kappa shape index (κ1) is 21.5. The zero-order chi connectivity index (χ0) is 19.6. The minimum Gasteiger partial charge on any atom is -0.507 e. The summed E-state index contributed by atoms with van der Waals surface area (Å²) in [6.45, 7) is 17.0. The van der Waals surface area contributed by atoms with Crippen LogP contribution < -0.4 is 11.1 Å². The second-order valence-electron chi connectivity index (χ2n) is 9.14. The number of rotatable bonds is 5. The van der Waals surface area contributed by atoms with E-state index in [1.54, 1.807) is 0 Å². The Balaban J connectivity index is 3.25. The Morgan fingerprint density at radius 3 is 2.20 bits per heavy atom. The molecular weight excluding hydrogens is 312 g/mol. The number of phenols is 1. The number of amides is 1. The number of carbonyl (C=O) groups excluding carboxylic acids is 1. The number of hydrogen-bond donors (Lipinski definition) is 3. The van der Waals surface area contributed by atoms with Gasteiger partial charge in [0.1, 0.15) is 5.75 Å². The van der Waals surface area contributed by atoms with Gasteiger partial charge >= 0.3 is 0 Å². The van der Waals surface area contributed by atoms with Crippen LogP contribution in [0.1, 0.15) is 77.1 Å². The smallest absolute Gasteiger partial charge is 0.220 e. The maximum Gasteiger partial charge on any atom is 0.220 e. The fourth-order valence-electron chi connectivity index (χ4n) is 3.23. The van der Waals surface area contributed by atoms with E-state index >= 15 is 0 Å². The molecule has 4 N–H and O–H groups in total. The van der Waals surface area contributed by atoms with E-state index in [0.29, 0.717) is 25.1 Å². The van der Waals surface area contributed by atoms with Crippen LogP contribution in [-0.4, -0.2) is 23.6 Å². The second kappa shape index (κ2) is 7.77. The summed E-state index contributed by atoms with van der Waals surface area (Å²) in [5, 5.41) is 13.8. The van der Waals surface area contributed by atoms with Gasteiger partial charge in [0.25, 0.3) is 0 Å². The summed E-state index contributed by atoms with van der Waals surface area (Å²) in [5.74, 6) is 0.405. The molecule has 142 valence electrons. The van der Waals surface area contributed by atoms with E-state index < -0.39 is 0 Å². The molecule has 0 spiro atoms. The Hall–Kier alpha value is -1.55. The van der Waals surface area contributed by atoms with Crippen LogP contribution in [0.25, 0.3) is 0 Å². The highest BCUT2D eigenvalue weighted by Crippen LogP contribution is 2.42. The summed E-state index contributed by atoms with van der Waals surface area (Å²) < 4.78 is 0. The van der Waals surface area contributed by atoms with E-state index in [0.717, 1.165) is 22.3 Å². The molecule has 1 aromatic carbocycles. The standard InChI is InChI=1S/C21H36N2O2/c1-13(12-22)23-17(24)10-9-15-11-16(20(3,4)5)19(25)18(14(15)2)21(6,7)8/h11,13,25H,9-10,12,22H2,1-8H3,(H,23,24). The molecule has 0 heterocycles. The number of nitrogens with two attached hydrogens (primary N) is 1. The highest BCUT2D eigenvalue weighted by Gasteiger charge is 2.29. The molecular formula is C21H36N2O2. The van der Waals surface area contributed by atoms with Crippen molar-refractivity contribution in [2.24, 2.45) is 5.73 Å². The maximum atomic E-state index is 12.1. The third-order valence-corrected chi connectivity index (χ3v) is 4.61. The molecule has 1 amide bonds. The van der Waals surface area contributed by atoms with Crippen molar-refractivity contribution in [3.63, 3.8) is 0 Å². The minimum atomic E-state index is -0.166. The van der Waals surface area contributed by atoms with Crippen LogP contribution in [0.5, 0.6) is 5.75 Å². The van der Waals surface area contributed by atoms with Crippen LogP contribution in [0.4, 0.5) is 0 Å². The van der Waals surface area contributed by atoms with Crippen molar-refractivity contribution < 1.29 is 9.90 Å². The second-order valence-corrected chi connectivity index (χ2v) is 9.14. The van der Waals surface area contributed by atoms with E-state index in [1.165, 1.54) is 0 Å². The Kier molecular flexibility index (Phi) is 6.68. The van der Waals surface area contributed by atoms with Crippen molar-refractivity contribution in [1.82, 2.24) is 5.32 Å². The summed E-state index contributed by atoms with van der Waals surface area (Å²) in [6.07, 6.45) is 1.07. The summed E-state index contributed by atoms with van der Waals surface area (Å²) in [4.78, 5) is 12.1. The maximum absolute atomic E-state index is 12.1. The van der Waals surface area contributed by atoms with Crippen molar-refractivity contribution in [2.45, 2.75) is 85.1 Å². The van der Waals surface area contributed by atoms with Crippen LogP contribution in [0.15, 0.2) is 6.07 Å². The number of nitrogens with one attached hydrogen (secondary N) is 1. The van der Waals surface area contributed by atoms with Crippen molar-refractivity contribution >= 4 is 5.91 Å². The first-order valence-corrected chi connectivity index (χ1v) is 9.14. The van der Waals surface area contributed by atoms with Gasteiger partial charge in [-0.1, -0.05) is 47.6 Å². The highest BCUT2D eigenvalue weighted by molar-refractivity contribution is 5.76. The topological polar surface area (TPSA) is 75.4 Å². The Bertz CT molecular complexity index is 622. The largest absolute Gasteiger partial charge is 0.507 e. The lowest BCUT2D eigenvalue weighted by Crippen LogP contribution is -2.37. The number of phenolic OH excluding ortho intramolecular Hbond substituents is 1. The molecule has 1 aromatic rings. The third-order valence-electron chi connectivity index (χ3n) is 4.61. The van der Waals surface area contributed by atoms with E-state index in [9.17, 15) is 9.90 Å².